The lowest BCUT2D eigenvalue weighted by atomic mass is 10.2. The van der Waals surface area contributed by atoms with Gasteiger partial charge in [0.15, 0.2) is 0 Å². The van der Waals surface area contributed by atoms with Crippen molar-refractivity contribution >= 4 is 0 Å². The summed E-state index contributed by atoms with van der Waals surface area (Å²) in [4.78, 5) is 0. The van der Waals surface area contributed by atoms with Crippen molar-refractivity contribution in [3.8, 4) is 0 Å². The molecular formula is C14H25N3O. The first-order chi connectivity index (χ1) is 8.86. The van der Waals surface area contributed by atoms with Gasteiger partial charge in [0.1, 0.15) is 0 Å². The Balaban J connectivity index is 2.11. The number of allylic oxidation sites excluding steroid dienone is 1. The fraction of sp³-hybridized carbons (Fsp3) is 0.643. The molecule has 0 spiro atoms. The summed E-state index contributed by atoms with van der Waals surface area (Å²) in [6.45, 7) is 7.22. The summed E-state index contributed by atoms with van der Waals surface area (Å²) in [7, 11) is 1.71. The van der Waals surface area contributed by atoms with Gasteiger partial charge in [-0.2, -0.15) is 5.10 Å². The maximum absolute atomic E-state index is 4.98. The maximum Gasteiger partial charge on any atom is 0.0587 e. The zero-order valence-electron chi connectivity index (χ0n) is 11.4. The Kier molecular flexibility index (Phi) is 8.17. The molecule has 0 saturated carbocycles. The van der Waals surface area contributed by atoms with Crippen LogP contribution >= 0.6 is 0 Å². The normalized spacial score (nSPS) is 10.7. The van der Waals surface area contributed by atoms with E-state index in [1.807, 2.05) is 17.0 Å². The zero-order chi connectivity index (χ0) is 13.1. The van der Waals surface area contributed by atoms with Gasteiger partial charge in [0.2, 0.25) is 0 Å². The van der Waals surface area contributed by atoms with Gasteiger partial charge in [-0.25, -0.2) is 0 Å². The van der Waals surface area contributed by atoms with Crippen LogP contribution in [0.4, 0.5) is 0 Å². The van der Waals surface area contributed by atoms with Crippen molar-refractivity contribution < 1.29 is 4.74 Å². The van der Waals surface area contributed by atoms with Crippen LogP contribution < -0.4 is 5.32 Å². The van der Waals surface area contributed by atoms with Gasteiger partial charge in [0.25, 0.3) is 0 Å². The minimum Gasteiger partial charge on any atom is -0.383 e. The predicted octanol–water partition coefficient (Wildman–Crippen LogP) is 2.37. The lowest BCUT2D eigenvalue weighted by molar-refractivity contribution is 0.199. The Morgan fingerprint density at radius 2 is 2.33 bits per heavy atom. The van der Waals surface area contributed by atoms with E-state index in [1.165, 1.54) is 24.8 Å². The van der Waals surface area contributed by atoms with E-state index in [-0.39, 0.29) is 0 Å². The third-order valence-electron chi connectivity index (χ3n) is 2.79. The molecule has 0 radical (unpaired) electrons. The number of hydrogen-bond acceptors (Lipinski definition) is 3. The van der Waals surface area contributed by atoms with E-state index in [2.05, 4.69) is 23.2 Å². The highest BCUT2D eigenvalue weighted by atomic mass is 16.5. The molecule has 0 bridgehead atoms. The Morgan fingerprint density at radius 1 is 1.44 bits per heavy atom. The predicted molar refractivity (Wildman–Crippen MR) is 74.5 cm³/mol. The Hall–Kier alpha value is -1.13. The second kappa shape index (κ2) is 9.85. The van der Waals surface area contributed by atoms with E-state index < -0.39 is 0 Å². The lowest BCUT2D eigenvalue weighted by Gasteiger charge is -2.02. The van der Waals surface area contributed by atoms with Gasteiger partial charge >= 0.3 is 0 Å². The Bertz CT molecular complexity index is 323. The van der Waals surface area contributed by atoms with Crippen LogP contribution in [0.2, 0.25) is 0 Å². The molecular weight excluding hydrogens is 226 g/mol. The van der Waals surface area contributed by atoms with E-state index in [9.17, 15) is 0 Å². The number of unbranched alkanes of at least 4 members (excludes halogenated alkanes) is 3. The van der Waals surface area contributed by atoms with Crippen LogP contribution in [0.5, 0.6) is 0 Å². The van der Waals surface area contributed by atoms with E-state index in [1.54, 1.807) is 7.11 Å². The smallest absolute Gasteiger partial charge is 0.0587 e. The minimum atomic E-state index is 0.747. The third-order valence-corrected chi connectivity index (χ3v) is 2.79. The highest BCUT2D eigenvalue weighted by Gasteiger charge is 1.98. The van der Waals surface area contributed by atoms with Gasteiger partial charge in [0, 0.05) is 38.5 Å². The van der Waals surface area contributed by atoms with Crippen molar-refractivity contribution in [3.05, 3.63) is 30.6 Å². The van der Waals surface area contributed by atoms with E-state index in [4.69, 9.17) is 4.74 Å². The topological polar surface area (TPSA) is 39.1 Å². The molecule has 102 valence electrons. The fourth-order valence-electron chi connectivity index (χ4n) is 1.77. The van der Waals surface area contributed by atoms with Gasteiger partial charge in [-0.05, 0) is 19.3 Å². The number of rotatable bonds is 11. The van der Waals surface area contributed by atoms with Crippen molar-refractivity contribution in [1.29, 1.82) is 0 Å². The molecule has 0 aliphatic heterocycles. The lowest BCUT2D eigenvalue weighted by Crippen LogP contribution is -2.18. The number of aryl methyl sites for hydroxylation is 1. The minimum absolute atomic E-state index is 0.747. The molecule has 0 aliphatic rings. The molecule has 0 amide bonds. The van der Waals surface area contributed by atoms with E-state index >= 15 is 0 Å². The number of aromatic nitrogens is 2. The number of hydrogen-bond donors (Lipinski definition) is 1. The molecule has 1 rings (SSSR count). The molecule has 1 N–H and O–H groups in total. The summed E-state index contributed by atoms with van der Waals surface area (Å²) < 4.78 is 7.01. The molecule has 4 heteroatoms. The van der Waals surface area contributed by atoms with E-state index in [0.717, 1.165) is 32.7 Å². The number of methoxy groups -OCH3 is 1. The molecule has 1 heterocycles. The van der Waals surface area contributed by atoms with Crippen LogP contribution in [0, 0.1) is 0 Å². The molecule has 18 heavy (non-hydrogen) atoms. The van der Waals surface area contributed by atoms with Crippen LogP contribution in [-0.4, -0.2) is 30.0 Å². The van der Waals surface area contributed by atoms with Crippen molar-refractivity contribution in [3.63, 3.8) is 0 Å². The molecule has 0 aromatic carbocycles. The second-order valence-corrected chi connectivity index (χ2v) is 4.42. The van der Waals surface area contributed by atoms with Gasteiger partial charge < -0.3 is 10.1 Å². The molecule has 0 aliphatic carbocycles. The zero-order valence-corrected chi connectivity index (χ0v) is 11.4. The Morgan fingerprint density at radius 3 is 3.11 bits per heavy atom. The van der Waals surface area contributed by atoms with Gasteiger partial charge in [-0.1, -0.05) is 12.5 Å². The van der Waals surface area contributed by atoms with Crippen LogP contribution in [0.15, 0.2) is 25.0 Å². The summed E-state index contributed by atoms with van der Waals surface area (Å²) in [5.74, 6) is 0. The van der Waals surface area contributed by atoms with Crippen molar-refractivity contribution in [2.24, 2.45) is 0 Å². The first kappa shape index (κ1) is 14.9. The van der Waals surface area contributed by atoms with Gasteiger partial charge in [-0.15, -0.1) is 6.58 Å². The molecule has 1 aromatic rings. The van der Waals surface area contributed by atoms with Gasteiger partial charge in [-0.3, -0.25) is 4.68 Å². The standard InChI is InChI=1S/C14H25N3O/c1-3-4-5-6-7-9-17-13-14(12-16-17)11-15-8-10-18-2/h3,12-13,15H,1,4-11H2,2H3. The summed E-state index contributed by atoms with van der Waals surface area (Å²) >= 11 is 0. The molecule has 4 nitrogen and oxygen atoms in total. The molecule has 0 atom stereocenters. The third kappa shape index (κ3) is 6.57. The SMILES string of the molecule is C=CCCCCCn1cc(CNCCOC)cn1. The molecule has 0 unspecified atom stereocenters. The highest BCUT2D eigenvalue weighted by Crippen LogP contribution is 2.03. The Labute approximate surface area is 110 Å². The summed E-state index contributed by atoms with van der Waals surface area (Å²) in [5, 5.41) is 7.67. The average molecular weight is 251 g/mol. The molecule has 0 saturated heterocycles. The van der Waals surface area contributed by atoms with Gasteiger partial charge in [0.05, 0.1) is 12.8 Å². The molecule has 0 fully saturated rings. The quantitative estimate of drug-likeness (QED) is 0.485. The van der Waals surface area contributed by atoms with Crippen molar-refractivity contribution in [1.82, 2.24) is 15.1 Å². The highest BCUT2D eigenvalue weighted by molar-refractivity contribution is 5.03. The first-order valence-electron chi connectivity index (χ1n) is 6.68. The second-order valence-electron chi connectivity index (χ2n) is 4.42. The first-order valence-corrected chi connectivity index (χ1v) is 6.68. The average Bonchev–Trinajstić information content (AvgIpc) is 2.82. The fourth-order valence-corrected chi connectivity index (χ4v) is 1.77. The van der Waals surface area contributed by atoms with Crippen molar-refractivity contribution in [2.75, 3.05) is 20.3 Å². The van der Waals surface area contributed by atoms with Crippen LogP contribution in [0.3, 0.4) is 0 Å². The summed E-state index contributed by atoms with van der Waals surface area (Å²) in [5.41, 5.74) is 1.23. The largest absolute Gasteiger partial charge is 0.383 e. The maximum atomic E-state index is 4.98. The molecule has 1 aromatic heterocycles. The van der Waals surface area contributed by atoms with Crippen LogP contribution in [-0.2, 0) is 17.8 Å². The summed E-state index contributed by atoms with van der Waals surface area (Å²) in [6.07, 6.45) is 10.8. The van der Waals surface area contributed by atoms with Crippen molar-refractivity contribution in [2.45, 2.75) is 38.8 Å². The summed E-state index contributed by atoms with van der Waals surface area (Å²) in [6, 6.07) is 0. The number of nitrogens with zero attached hydrogens (tertiary/aromatic N) is 2. The number of nitrogens with one attached hydrogen (secondary N) is 1. The van der Waals surface area contributed by atoms with Crippen LogP contribution in [0.25, 0.3) is 0 Å². The number of ether oxygens (including phenoxy) is 1. The monoisotopic (exact) mass is 251 g/mol. The van der Waals surface area contributed by atoms with Crippen LogP contribution in [0.1, 0.15) is 31.2 Å². The van der Waals surface area contributed by atoms with E-state index in [0.29, 0.717) is 0 Å².